The highest BCUT2D eigenvalue weighted by Gasteiger charge is 2.17. The standard InChI is InChI=1S/C12H14N2O5/c1-8-9(4-2-5-10(8)14(18)19)12(17)13-7-3-6-11(15)16/h2,4-5H,3,6-7H2,1H3,(H,13,17)(H,15,16). The summed E-state index contributed by atoms with van der Waals surface area (Å²) in [5, 5.41) is 21.7. The Labute approximate surface area is 109 Å². The van der Waals surface area contributed by atoms with Gasteiger partial charge in [-0.25, -0.2) is 0 Å². The van der Waals surface area contributed by atoms with E-state index < -0.39 is 16.8 Å². The van der Waals surface area contributed by atoms with Gasteiger partial charge in [-0.05, 0) is 19.4 Å². The fraction of sp³-hybridized carbons (Fsp3) is 0.333. The minimum Gasteiger partial charge on any atom is -0.481 e. The van der Waals surface area contributed by atoms with E-state index in [1.165, 1.54) is 25.1 Å². The van der Waals surface area contributed by atoms with Crippen LogP contribution in [-0.4, -0.2) is 28.5 Å². The Balaban J connectivity index is 2.70. The van der Waals surface area contributed by atoms with Gasteiger partial charge in [0, 0.05) is 30.2 Å². The SMILES string of the molecule is Cc1c(C(=O)NCCCC(=O)O)cccc1[N+](=O)[O-]. The van der Waals surface area contributed by atoms with Gasteiger partial charge in [-0.15, -0.1) is 0 Å². The zero-order valence-electron chi connectivity index (χ0n) is 10.4. The van der Waals surface area contributed by atoms with Crippen molar-refractivity contribution in [3.8, 4) is 0 Å². The summed E-state index contributed by atoms with van der Waals surface area (Å²) in [6, 6.07) is 4.27. The largest absolute Gasteiger partial charge is 0.481 e. The third kappa shape index (κ3) is 4.06. The van der Waals surface area contributed by atoms with E-state index in [2.05, 4.69) is 5.32 Å². The molecule has 0 spiro atoms. The molecule has 0 aliphatic carbocycles. The van der Waals surface area contributed by atoms with E-state index in [0.29, 0.717) is 12.0 Å². The van der Waals surface area contributed by atoms with Gasteiger partial charge < -0.3 is 10.4 Å². The minimum absolute atomic E-state index is 0.0335. The first-order valence-electron chi connectivity index (χ1n) is 5.67. The third-order valence-electron chi connectivity index (χ3n) is 2.60. The number of aliphatic carboxylic acids is 1. The molecular weight excluding hydrogens is 252 g/mol. The van der Waals surface area contributed by atoms with Gasteiger partial charge in [0.25, 0.3) is 11.6 Å². The number of rotatable bonds is 6. The first kappa shape index (κ1) is 14.6. The summed E-state index contributed by atoms with van der Waals surface area (Å²) in [7, 11) is 0. The fourth-order valence-corrected chi connectivity index (χ4v) is 1.60. The number of carbonyl (C=O) groups is 2. The predicted molar refractivity (Wildman–Crippen MR) is 67.0 cm³/mol. The van der Waals surface area contributed by atoms with E-state index in [-0.39, 0.29) is 24.2 Å². The number of amides is 1. The van der Waals surface area contributed by atoms with Gasteiger partial charge in [-0.3, -0.25) is 19.7 Å². The molecule has 0 saturated carbocycles. The summed E-state index contributed by atoms with van der Waals surface area (Å²) < 4.78 is 0. The van der Waals surface area contributed by atoms with Gasteiger partial charge in [0.05, 0.1) is 4.92 Å². The van der Waals surface area contributed by atoms with Gasteiger partial charge in [0.15, 0.2) is 0 Å². The van der Waals surface area contributed by atoms with Crippen molar-refractivity contribution in [2.45, 2.75) is 19.8 Å². The maximum absolute atomic E-state index is 11.8. The van der Waals surface area contributed by atoms with Crippen molar-refractivity contribution in [2.24, 2.45) is 0 Å². The van der Waals surface area contributed by atoms with Gasteiger partial charge in [-0.1, -0.05) is 6.07 Å². The molecule has 1 rings (SSSR count). The van der Waals surface area contributed by atoms with Crippen molar-refractivity contribution in [1.82, 2.24) is 5.32 Å². The third-order valence-corrected chi connectivity index (χ3v) is 2.60. The van der Waals surface area contributed by atoms with Crippen molar-refractivity contribution in [3.63, 3.8) is 0 Å². The minimum atomic E-state index is -0.930. The average molecular weight is 266 g/mol. The molecule has 0 aromatic heterocycles. The van der Waals surface area contributed by atoms with Crippen LogP contribution in [0.25, 0.3) is 0 Å². The second-order valence-electron chi connectivity index (χ2n) is 3.96. The number of nitro groups is 1. The number of benzene rings is 1. The summed E-state index contributed by atoms with van der Waals surface area (Å²) >= 11 is 0. The molecule has 0 unspecified atom stereocenters. The molecular formula is C12H14N2O5. The molecule has 7 nitrogen and oxygen atoms in total. The van der Waals surface area contributed by atoms with Crippen LogP contribution in [0.5, 0.6) is 0 Å². The number of carboxylic acid groups (broad SMARTS) is 1. The van der Waals surface area contributed by atoms with E-state index in [1.807, 2.05) is 0 Å². The molecule has 7 heteroatoms. The number of nitrogens with zero attached hydrogens (tertiary/aromatic N) is 1. The molecule has 0 atom stereocenters. The van der Waals surface area contributed by atoms with E-state index in [4.69, 9.17) is 5.11 Å². The number of nitrogens with one attached hydrogen (secondary N) is 1. The van der Waals surface area contributed by atoms with Crippen LogP contribution in [-0.2, 0) is 4.79 Å². The smallest absolute Gasteiger partial charge is 0.303 e. The highest BCUT2D eigenvalue weighted by molar-refractivity contribution is 5.96. The lowest BCUT2D eigenvalue weighted by Crippen LogP contribution is -2.25. The Hall–Kier alpha value is -2.44. The molecule has 1 amide bonds. The lowest BCUT2D eigenvalue weighted by molar-refractivity contribution is -0.385. The molecule has 0 fully saturated rings. The lowest BCUT2D eigenvalue weighted by atomic mass is 10.1. The Kier molecular flexibility index (Phi) is 4.99. The number of carbonyl (C=O) groups excluding carboxylic acids is 1. The summed E-state index contributed by atoms with van der Waals surface area (Å²) in [6.07, 6.45) is 0.281. The molecule has 1 aromatic rings. The number of nitro benzene ring substituents is 1. The van der Waals surface area contributed by atoms with Gasteiger partial charge in [0.2, 0.25) is 0 Å². The molecule has 0 aliphatic heterocycles. The highest BCUT2D eigenvalue weighted by atomic mass is 16.6. The molecule has 0 saturated heterocycles. The average Bonchev–Trinajstić information content (AvgIpc) is 2.34. The maximum atomic E-state index is 11.8. The van der Waals surface area contributed by atoms with Gasteiger partial charge in [-0.2, -0.15) is 0 Å². The van der Waals surface area contributed by atoms with E-state index in [1.54, 1.807) is 0 Å². The molecule has 0 heterocycles. The second-order valence-corrected chi connectivity index (χ2v) is 3.96. The molecule has 2 N–H and O–H groups in total. The van der Waals surface area contributed by atoms with E-state index in [9.17, 15) is 19.7 Å². The monoisotopic (exact) mass is 266 g/mol. The molecule has 1 aromatic carbocycles. The van der Waals surface area contributed by atoms with Crippen LogP contribution in [0.15, 0.2) is 18.2 Å². The van der Waals surface area contributed by atoms with Crippen molar-refractivity contribution in [3.05, 3.63) is 39.4 Å². The Morgan fingerprint density at radius 1 is 1.42 bits per heavy atom. The van der Waals surface area contributed by atoms with Crippen LogP contribution in [0.2, 0.25) is 0 Å². The van der Waals surface area contributed by atoms with Gasteiger partial charge in [0.1, 0.15) is 0 Å². The number of hydrogen-bond acceptors (Lipinski definition) is 4. The maximum Gasteiger partial charge on any atom is 0.303 e. The predicted octanol–water partition coefficient (Wildman–Crippen LogP) is 1.50. The van der Waals surface area contributed by atoms with Crippen LogP contribution in [0.3, 0.4) is 0 Å². The fourth-order valence-electron chi connectivity index (χ4n) is 1.60. The van der Waals surface area contributed by atoms with Crippen LogP contribution < -0.4 is 5.32 Å². The van der Waals surface area contributed by atoms with Crippen molar-refractivity contribution in [1.29, 1.82) is 0 Å². The van der Waals surface area contributed by atoms with Crippen LogP contribution in [0, 0.1) is 17.0 Å². The first-order chi connectivity index (χ1) is 8.93. The molecule has 0 aliphatic rings. The zero-order chi connectivity index (χ0) is 14.4. The topological polar surface area (TPSA) is 110 Å². The van der Waals surface area contributed by atoms with Crippen LogP contribution >= 0.6 is 0 Å². The molecule has 19 heavy (non-hydrogen) atoms. The highest BCUT2D eigenvalue weighted by Crippen LogP contribution is 2.20. The summed E-state index contributed by atoms with van der Waals surface area (Å²) in [5.74, 6) is -1.37. The Bertz CT molecular complexity index is 513. The summed E-state index contributed by atoms with van der Waals surface area (Å²) in [4.78, 5) is 32.3. The van der Waals surface area contributed by atoms with Crippen molar-refractivity contribution >= 4 is 17.6 Å². The molecule has 0 bridgehead atoms. The summed E-state index contributed by atoms with van der Waals surface area (Å²) in [6.45, 7) is 1.72. The van der Waals surface area contributed by atoms with Crippen LogP contribution in [0.1, 0.15) is 28.8 Å². The normalized spacial score (nSPS) is 9.95. The summed E-state index contributed by atoms with van der Waals surface area (Å²) in [5.41, 5.74) is 0.408. The molecule has 0 radical (unpaired) electrons. The van der Waals surface area contributed by atoms with Gasteiger partial charge >= 0.3 is 5.97 Å². The second kappa shape index (κ2) is 6.48. The molecule has 102 valence electrons. The number of carboxylic acids is 1. The first-order valence-corrected chi connectivity index (χ1v) is 5.67. The zero-order valence-corrected chi connectivity index (χ0v) is 10.4. The van der Waals surface area contributed by atoms with Crippen LogP contribution in [0.4, 0.5) is 5.69 Å². The Morgan fingerprint density at radius 3 is 2.68 bits per heavy atom. The quantitative estimate of drug-likeness (QED) is 0.460. The number of hydrogen-bond donors (Lipinski definition) is 2. The van der Waals surface area contributed by atoms with E-state index in [0.717, 1.165) is 0 Å². The lowest BCUT2D eigenvalue weighted by Gasteiger charge is -2.07. The Morgan fingerprint density at radius 2 is 2.11 bits per heavy atom. The van der Waals surface area contributed by atoms with Crippen molar-refractivity contribution in [2.75, 3.05) is 6.54 Å². The van der Waals surface area contributed by atoms with E-state index >= 15 is 0 Å². The van der Waals surface area contributed by atoms with Crippen molar-refractivity contribution < 1.29 is 19.6 Å².